The number of amides is 1. The van der Waals surface area contributed by atoms with E-state index in [-0.39, 0.29) is 24.5 Å². The first-order valence-corrected chi connectivity index (χ1v) is 9.70. The molecule has 0 spiro atoms. The van der Waals surface area contributed by atoms with Gasteiger partial charge in [0.25, 0.3) is 5.91 Å². The molecule has 1 aromatic carbocycles. The molecule has 6 nitrogen and oxygen atoms in total. The molecule has 2 aromatic rings. The molecule has 0 aliphatic heterocycles. The molecule has 8 heteroatoms. The molecule has 0 saturated heterocycles. The van der Waals surface area contributed by atoms with Crippen molar-refractivity contribution in [3.63, 3.8) is 0 Å². The van der Waals surface area contributed by atoms with Gasteiger partial charge < -0.3 is 10.4 Å². The zero-order valence-electron chi connectivity index (χ0n) is 14.3. The lowest BCUT2D eigenvalue weighted by Gasteiger charge is -2.42. The second-order valence-corrected chi connectivity index (χ2v) is 7.54. The van der Waals surface area contributed by atoms with Gasteiger partial charge in [0.2, 0.25) is 0 Å². The van der Waals surface area contributed by atoms with Gasteiger partial charge in [0.05, 0.1) is 11.6 Å². The highest BCUT2D eigenvalue weighted by Crippen LogP contribution is 2.30. The molecule has 1 amide bonds. The predicted octanol–water partition coefficient (Wildman–Crippen LogP) is 3.13. The molecule has 0 radical (unpaired) electrons. The second-order valence-electron chi connectivity index (χ2n) is 6.27. The van der Waals surface area contributed by atoms with Crippen LogP contribution in [0.4, 0.5) is 0 Å². The van der Waals surface area contributed by atoms with Gasteiger partial charge >= 0.3 is 5.97 Å². The summed E-state index contributed by atoms with van der Waals surface area (Å²) >= 11 is 7.56. The molecule has 0 bridgehead atoms. The normalized spacial score (nSPS) is 19.2. The maximum Gasteiger partial charge on any atom is 0.317 e. The number of nitrogens with zero attached hydrogens (tertiary/aromatic N) is 2. The van der Waals surface area contributed by atoms with E-state index in [9.17, 15) is 9.59 Å². The lowest BCUT2D eigenvalue weighted by atomic mass is 9.85. The van der Waals surface area contributed by atoms with Gasteiger partial charge in [0, 0.05) is 23.0 Å². The number of carboxylic acids is 1. The summed E-state index contributed by atoms with van der Waals surface area (Å²) < 4.78 is 0. The van der Waals surface area contributed by atoms with E-state index >= 15 is 0 Å². The fourth-order valence-corrected chi connectivity index (χ4v) is 4.19. The zero-order valence-corrected chi connectivity index (χ0v) is 15.9. The number of hydrogen-bond donors (Lipinski definition) is 2. The van der Waals surface area contributed by atoms with Gasteiger partial charge in [0.15, 0.2) is 0 Å². The van der Waals surface area contributed by atoms with Crippen molar-refractivity contribution in [2.24, 2.45) is 0 Å². The number of aliphatic carboxylic acids is 1. The van der Waals surface area contributed by atoms with E-state index < -0.39 is 5.97 Å². The molecule has 1 heterocycles. The monoisotopic (exact) mass is 393 g/mol. The van der Waals surface area contributed by atoms with E-state index in [1.54, 1.807) is 11.4 Å². The Labute approximate surface area is 160 Å². The molecule has 1 aliphatic rings. The molecule has 0 atom stereocenters. The Balaban J connectivity index is 1.56. The van der Waals surface area contributed by atoms with Gasteiger partial charge in [-0.1, -0.05) is 36.7 Å². The summed E-state index contributed by atoms with van der Waals surface area (Å²) in [6.45, 7) is 2.67. The molecular weight excluding hydrogens is 374 g/mol. The fraction of sp³-hybridized carbons (Fsp3) is 0.389. The number of likely N-dealkylation sites (N-methyl/N-ethyl adjacent to an activating group) is 1. The van der Waals surface area contributed by atoms with Gasteiger partial charge in [-0.25, -0.2) is 4.98 Å². The summed E-state index contributed by atoms with van der Waals surface area (Å²) in [5, 5.41) is 15.0. The number of rotatable bonds is 7. The summed E-state index contributed by atoms with van der Waals surface area (Å²) in [6, 6.07) is 7.67. The van der Waals surface area contributed by atoms with Crippen LogP contribution in [0.25, 0.3) is 10.6 Å². The van der Waals surface area contributed by atoms with Crippen molar-refractivity contribution >= 4 is 34.8 Å². The number of thiazole rings is 1. The Kier molecular flexibility index (Phi) is 5.90. The Bertz CT molecular complexity index is 804. The van der Waals surface area contributed by atoms with Crippen molar-refractivity contribution in [3.8, 4) is 10.6 Å². The van der Waals surface area contributed by atoms with E-state index in [0.717, 1.165) is 18.4 Å². The van der Waals surface area contributed by atoms with Crippen LogP contribution in [-0.4, -0.2) is 52.0 Å². The van der Waals surface area contributed by atoms with Crippen molar-refractivity contribution in [1.29, 1.82) is 0 Å². The predicted molar refractivity (Wildman–Crippen MR) is 102 cm³/mol. The number of benzene rings is 1. The molecule has 1 saturated carbocycles. The number of nitrogens with one attached hydrogen (secondary N) is 1. The van der Waals surface area contributed by atoms with Crippen molar-refractivity contribution < 1.29 is 14.7 Å². The van der Waals surface area contributed by atoms with Crippen molar-refractivity contribution in [2.75, 3.05) is 13.1 Å². The average Bonchev–Trinajstić information content (AvgIpc) is 3.06. The summed E-state index contributed by atoms with van der Waals surface area (Å²) in [4.78, 5) is 29.6. The maximum absolute atomic E-state index is 12.4. The van der Waals surface area contributed by atoms with Crippen LogP contribution in [0, 0.1) is 0 Å². The molecule has 26 heavy (non-hydrogen) atoms. The summed E-state index contributed by atoms with van der Waals surface area (Å²) in [6.07, 6.45) is 1.52. The highest BCUT2D eigenvalue weighted by molar-refractivity contribution is 7.13. The van der Waals surface area contributed by atoms with Gasteiger partial charge in [-0.15, -0.1) is 11.3 Å². The van der Waals surface area contributed by atoms with E-state index in [4.69, 9.17) is 16.7 Å². The number of carbonyl (C=O) groups excluding carboxylic acids is 1. The summed E-state index contributed by atoms with van der Waals surface area (Å²) in [7, 11) is 0. The third-order valence-corrected chi connectivity index (χ3v) is 5.76. The molecule has 2 N–H and O–H groups in total. The smallest absolute Gasteiger partial charge is 0.317 e. The van der Waals surface area contributed by atoms with Crippen molar-refractivity contribution in [2.45, 2.75) is 31.8 Å². The van der Waals surface area contributed by atoms with Crippen LogP contribution >= 0.6 is 22.9 Å². The minimum absolute atomic E-state index is 0.0368. The minimum atomic E-state index is -0.825. The quantitative estimate of drug-likeness (QED) is 0.755. The van der Waals surface area contributed by atoms with Gasteiger partial charge in [-0.3, -0.25) is 14.5 Å². The van der Waals surface area contributed by atoms with Crippen LogP contribution in [0.1, 0.15) is 30.3 Å². The van der Waals surface area contributed by atoms with E-state index in [1.807, 2.05) is 30.0 Å². The second kappa shape index (κ2) is 8.16. The van der Waals surface area contributed by atoms with Crippen LogP contribution in [0.5, 0.6) is 0 Å². The first-order valence-electron chi connectivity index (χ1n) is 8.45. The largest absolute Gasteiger partial charge is 0.480 e. The molecule has 1 aromatic heterocycles. The van der Waals surface area contributed by atoms with E-state index in [0.29, 0.717) is 22.3 Å². The van der Waals surface area contributed by atoms with Gasteiger partial charge in [-0.05, 0) is 25.5 Å². The zero-order chi connectivity index (χ0) is 18.7. The third-order valence-electron chi connectivity index (χ3n) is 4.55. The Morgan fingerprint density at radius 1 is 1.38 bits per heavy atom. The molecule has 0 unspecified atom stereocenters. The lowest BCUT2D eigenvalue weighted by Crippen LogP contribution is -2.54. The van der Waals surface area contributed by atoms with Crippen LogP contribution in [0.3, 0.4) is 0 Å². The summed E-state index contributed by atoms with van der Waals surface area (Å²) in [5.41, 5.74) is 1.19. The standard InChI is InChI=1S/C18H20ClN3O3S/c1-2-22(9-16(23)24)12-7-11(8-12)20-17(25)15-10-26-18(21-15)13-5-3-4-6-14(13)19/h3-6,10-12H,2,7-9H2,1H3,(H,20,25)(H,23,24). The molecule has 1 fully saturated rings. The highest BCUT2D eigenvalue weighted by Gasteiger charge is 2.35. The summed E-state index contributed by atoms with van der Waals surface area (Å²) in [5.74, 6) is -1.03. The molecular formula is C18H20ClN3O3S. The maximum atomic E-state index is 12.4. The van der Waals surface area contributed by atoms with Crippen molar-refractivity contribution in [1.82, 2.24) is 15.2 Å². The van der Waals surface area contributed by atoms with Crippen LogP contribution < -0.4 is 5.32 Å². The first-order chi connectivity index (χ1) is 12.5. The van der Waals surface area contributed by atoms with Crippen LogP contribution in [0.15, 0.2) is 29.6 Å². The number of carboxylic acid groups (broad SMARTS) is 1. The fourth-order valence-electron chi connectivity index (χ4n) is 3.07. The van der Waals surface area contributed by atoms with Gasteiger partial charge in [-0.2, -0.15) is 0 Å². The lowest BCUT2D eigenvalue weighted by molar-refractivity contribution is -0.139. The average molecular weight is 394 g/mol. The van der Waals surface area contributed by atoms with Crippen LogP contribution in [-0.2, 0) is 4.79 Å². The highest BCUT2D eigenvalue weighted by atomic mass is 35.5. The van der Waals surface area contributed by atoms with Crippen LogP contribution in [0.2, 0.25) is 5.02 Å². The number of halogens is 1. The van der Waals surface area contributed by atoms with E-state index in [2.05, 4.69) is 10.3 Å². The Hall–Kier alpha value is -1.96. The first kappa shape index (κ1) is 18.8. The van der Waals surface area contributed by atoms with Crippen molar-refractivity contribution in [3.05, 3.63) is 40.4 Å². The SMILES string of the molecule is CCN(CC(=O)O)C1CC(NC(=O)c2csc(-c3ccccc3Cl)n2)C1. The molecule has 3 rings (SSSR count). The van der Waals surface area contributed by atoms with E-state index in [1.165, 1.54) is 11.3 Å². The Morgan fingerprint density at radius 3 is 2.77 bits per heavy atom. The molecule has 138 valence electrons. The number of aromatic nitrogens is 1. The third kappa shape index (κ3) is 4.23. The molecule has 1 aliphatic carbocycles. The Morgan fingerprint density at radius 2 is 2.12 bits per heavy atom. The van der Waals surface area contributed by atoms with Gasteiger partial charge in [0.1, 0.15) is 10.7 Å². The topological polar surface area (TPSA) is 82.5 Å². The number of carbonyl (C=O) groups is 2. The number of hydrogen-bond acceptors (Lipinski definition) is 5. The minimum Gasteiger partial charge on any atom is -0.480 e.